The lowest BCUT2D eigenvalue weighted by atomic mass is 10.3. The lowest BCUT2D eigenvalue weighted by molar-refractivity contribution is -0.140. The number of nitrogens with zero attached hydrogens (tertiary/aromatic N) is 2. The number of carbonyl (C=O) groups excluding carboxylic acids is 2. The first-order chi connectivity index (χ1) is 20.5. The van der Waals surface area contributed by atoms with Gasteiger partial charge in [-0.15, -0.1) is 0 Å². The summed E-state index contributed by atoms with van der Waals surface area (Å²) in [6, 6.07) is 5.48. The molecule has 0 radical (unpaired) electrons. The normalized spacial score (nSPS) is 11.5. The van der Waals surface area contributed by atoms with E-state index in [0.29, 0.717) is 55.4 Å². The first-order valence-corrected chi connectivity index (χ1v) is 14.4. The van der Waals surface area contributed by atoms with E-state index in [0.717, 1.165) is 21.9 Å². The molecular weight excluding hydrogens is 588 g/mol. The van der Waals surface area contributed by atoms with Gasteiger partial charge in [0.1, 0.15) is 37.9 Å². The van der Waals surface area contributed by atoms with Crippen LogP contribution in [0.2, 0.25) is 0 Å². The van der Waals surface area contributed by atoms with Gasteiger partial charge in [-0.2, -0.15) is 0 Å². The van der Waals surface area contributed by atoms with Crippen LogP contribution >= 0.6 is 23.5 Å². The van der Waals surface area contributed by atoms with Crippen molar-refractivity contribution in [1.82, 2.24) is 0 Å². The molecule has 0 fully saturated rings. The number of hydrogen-bond acceptors (Lipinski definition) is 13. The van der Waals surface area contributed by atoms with Crippen molar-refractivity contribution in [1.29, 1.82) is 5.26 Å². The zero-order valence-corrected chi connectivity index (χ0v) is 24.6. The molecule has 1 aliphatic rings. The molecule has 42 heavy (non-hydrogen) atoms. The highest BCUT2D eigenvalue weighted by molar-refractivity contribution is 8.24. The van der Waals surface area contributed by atoms with Gasteiger partial charge in [-0.1, -0.05) is 36.7 Å². The van der Waals surface area contributed by atoms with Crippen LogP contribution in [0.5, 0.6) is 11.5 Å². The smallest absolute Gasteiger partial charge is 0.330 e. The van der Waals surface area contributed by atoms with E-state index in [1.807, 2.05) is 6.07 Å². The van der Waals surface area contributed by atoms with E-state index in [1.54, 1.807) is 12.1 Å². The molecule has 226 valence electrons. The van der Waals surface area contributed by atoms with Crippen molar-refractivity contribution in [3.8, 4) is 17.6 Å². The Morgan fingerprint density at radius 1 is 0.738 bits per heavy atom. The second kappa shape index (κ2) is 21.2. The van der Waals surface area contributed by atoms with E-state index < -0.39 is 11.9 Å². The topological polar surface area (TPSA) is 136 Å². The van der Waals surface area contributed by atoms with Gasteiger partial charge in [0, 0.05) is 12.2 Å². The molecule has 12 nitrogen and oxygen atoms in total. The van der Waals surface area contributed by atoms with Crippen LogP contribution in [0.15, 0.2) is 57.2 Å². The third-order valence-corrected chi connectivity index (χ3v) is 7.44. The molecule has 0 spiro atoms. The zero-order chi connectivity index (χ0) is 30.4. The van der Waals surface area contributed by atoms with E-state index in [2.05, 4.69) is 18.0 Å². The molecule has 0 bridgehead atoms. The maximum atomic E-state index is 10.9. The Hall–Kier alpha value is -3.50. The minimum atomic E-state index is -0.495. The van der Waals surface area contributed by atoms with Crippen LogP contribution in [0.1, 0.15) is 0 Å². The zero-order valence-electron chi connectivity index (χ0n) is 23.0. The number of ether oxygens (including phenoxy) is 8. The molecule has 0 atom stereocenters. The monoisotopic (exact) mass is 620 g/mol. The molecule has 1 aliphatic heterocycles. The summed E-state index contributed by atoms with van der Waals surface area (Å²) in [5.41, 5.74) is 0.00304. The van der Waals surface area contributed by atoms with Crippen molar-refractivity contribution in [3.05, 3.63) is 58.8 Å². The van der Waals surface area contributed by atoms with Crippen LogP contribution < -0.4 is 9.47 Å². The van der Waals surface area contributed by atoms with E-state index in [-0.39, 0.29) is 45.3 Å². The van der Waals surface area contributed by atoms with Crippen LogP contribution in [0.25, 0.3) is 4.85 Å². The van der Waals surface area contributed by atoms with E-state index in [1.165, 1.54) is 23.5 Å². The number of hydrogen-bond donors (Lipinski definition) is 0. The van der Waals surface area contributed by atoms with Crippen molar-refractivity contribution in [2.75, 3.05) is 79.3 Å². The minimum Gasteiger partial charge on any atom is -0.490 e. The van der Waals surface area contributed by atoms with Crippen LogP contribution in [0.4, 0.5) is 0 Å². The third kappa shape index (κ3) is 13.0. The first-order valence-electron chi connectivity index (χ1n) is 12.7. The summed E-state index contributed by atoms with van der Waals surface area (Å²) in [7, 11) is 0. The molecule has 0 amide bonds. The van der Waals surface area contributed by atoms with Gasteiger partial charge >= 0.3 is 11.9 Å². The maximum Gasteiger partial charge on any atom is 0.330 e. The van der Waals surface area contributed by atoms with Crippen molar-refractivity contribution >= 4 is 35.5 Å². The number of esters is 2. The minimum absolute atomic E-state index is 0.00304. The highest BCUT2D eigenvalue weighted by atomic mass is 32.2. The van der Waals surface area contributed by atoms with Gasteiger partial charge in [-0.25, -0.2) is 19.7 Å². The second-order valence-electron chi connectivity index (χ2n) is 7.67. The molecule has 2 rings (SSSR count). The van der Waals surface area contributed by atoms with Gasteiger partial charge in [0.05, 0.1) is 79.5 Å². The largest absolute Gasteiger partial charge is 0.490 e. The predicted molar refractivity (Wildman–Crippen MR) is 154 cm³/mol. The van der Waals surface area contributed by atoms with Crippen LogP contribution in [0.3, 0.4) is 0 Å². The van der Waals surface area contributed by atoms with E-state index in [9.17, 15) is 14.9 Å². The van der Waals surface area contributed by atoms with Gasteiger partial charge < -0.3 is 37.9 Å². The number of fused-ring (bicyclic) bond motifs is 1. The van der Waals surface area contributed by atoms with E-state index >= 15 is 0 Å². The molecule has 1 aromatic rings. The number of carbonyl (C=O) groups is 2. The fourth-order valence-electron chi connectivity index (χ4n) is 2.95. The summed E-state index contributed by atoms with van der Waals surface area (Å²) in [5, 5.41) is 9.34. The molecule has 0 saturated heterocycles. The summed E-state index contributed by atoms with van der Waals surface area (Å²) in [5.74, 6) is 0.182. The van der Waals surface area contributed by atoms with Crippen molar-refractivity contribution in [2.24, 2.45) is 0 Å². The Labute approximate surface area is 253 Å². The maximum absolute atomic E-state index is 10.9. The van der Waals surface area contributed by atoms with Crippen LogP contribution in [-0.2, 0) is 38.0 Å². The second-order valence-corrected chi connectivity index (χ2v) is 9.97. The average molecular weight is 621 g/mol. The predicted octanol–water partition coefficient (Wildman–Crippen LogP) is 3.78. The van der Waals surface area contributed by atoms with Crippen molar-refractivity contribution in [2.45, 2.75) is 9.79 Å². The van der Waals surface area contributed by atoms with Gasteiger partial charge in [-0.05, 0) is 12.1 Å². The van der Waals surface area contributed by atoms with Gasteiger partial charge in [0.2, 0.25) is 0 Å². The fraction of sp³-hybridized carbons (Fsp3) is 0.429. The summed E-state index contributed by atoms with van der Waals surface area (Å²) >= 11 is 2.58. The van der Waals surface area contributed by atoms with Crippen molar-refractivity contribution < 1.29 is 47.5 Å². The van der Waals surface area contributed by atoms with Crippen molar-refractivity contribution in [3.63, 3.8) is 0 Å². The lowest BCUT2D eigenvalue weighted by Gasteiger charge is -2.14. The number of rotatable bonds is 22. The Balaban J connectivity index is 1.76. The Bertz CT molecular complexity index is 1090. The number of nitriles is 1. The Kier molecular flexibility index (Phi) is 17.5. The quantitative estimate of drug-likeness (QED) is 0.0612. The Morgan fingerprint density at radius 3 is 1.48 bits per heavy atom. The molecule has 1 aromatic carbocycles. The third-order valence-electron chi connectivity index (χ3n) is 4.83. The standard InChI is InChI=1S/C28H32N2O10S2/c1-4-24(31)39-18-14-35-10-8-33-12-16-37-22-6-7-23(27-26(22)41-28(42-27)21(20-29)30-3)38-17-13-34-9-11-36-15-19-40-25(32)5-2/h4-7H,1-2,8-19H2. The average Bonchev–Trinajstić information content (AvgIpc) is 3.45. The molecule has 0 saturated carbocycles. The Morgan fingerprint density at radius 2 is 1.12 bits per heavy atom. The molecule has 0 aliphatic carbocycles. The molecule has 0 unspecified atom stereocenters. The fourth-order valence-corrected chi connectivity index (χ4v) is 5.46. The molecule has 0 N–H and O–H groups in total. The van der Waals surface area contributed by atoms with Gasteiger partial charge in [0.15, 0.2) is 0 Å². The van der Waals surface area contributed by atoms with Crippen LogP contribution in [-0.4, -0.2) is 91.2 Å². The number of thioether (sulfide) groups is 2. The first kappa shape index (κ1) is 34.7. The highest BCUT2D eigenvalue weighted by Crippen LogP contribution is 2.58. The summed E-state index contributed by atoms with van der Waals surface area (Å²) in [6.45, 7) is 17.3. The van der Waals surface area contributed by atoms with Crippen LogP contribution in [0, 0.1) is 17.9 Å². The van der Waals surface area contributed by atoms with E-state index in [4.69, 9.17) is 44.5 Å². The van der Waals surface area contributed by atoms with Gasteiger partial charge in [0.25, 0.3) is 5.70 Å². The lowest BCUT2D eigenvalue weighted by Crippen LogP contribution is -2.14. The number of benzene rings is 1. The molecule has 14 heteroatoms. The highest BCUT2D eigenvalue weighted by Gasteiger charge is 2.28. The molecule has 1 heterocycles. The molecule has 0 aromatic heterocycles. The number of allylic oxidation sites excluding steroid dienone is 1. The SMILES string of the molecule is [C-]#[N+]C(C#N)=C1Sc2c(OCCOCCOCCOC(=O)C=C)ccc(OCCOCCOCCOC(=O)C=C)c2S1. The summed E-state index contributed by atoms with van der Waals surface area (Å²) in [6.07, 6.45) is 2.18. The molecular formula is C28H32N2O10S2. The van der Waals surface area contributed by atoms with Gasteiger partial charge in [-0.3, -0.25) is 0 Å². The summed E-state index contributed by atoms with van der Waals surface area (Å²) < 4.78 is 43.7. The summed E-state index contributed by atoms with van der Waals surface area (Å²) in [4.78, 5) is 26.7.